The summed E-state index contributed by atoms with van der Waals surface area (Å²) in [6.07, 6.45) is -1.35. The van der Waals surface area contributed by atoms with Gasteiger partial charge in [0.05, 0.1) is 12.5 Å². The molecule has 5 heterocycles. The van der Waals surface area contributed by atoms with Crippen molar-refractivity contribution in [3.63, 3.8) is 0 Å². The van der Waals surface area contributed by atoms with Gasteiger partial charge in [-0.15, -0.1) is 0 Å². The van der Waals surface area contributed by atoms with Gasteiger partial charge in [0, 0.05) is 52.0 Å². The Hall–Kier alpha value is -12.3. The van der Waals surface area contributed by atoms with Gasteiger partial charge in [-0.05, 0) is 179 Å². The predicted molar refractivity (Wildman–Crippen MR) is 488 cm³/mol. The monoisotopic (exact) mass is 1940 g/mol. The maximum absolute atomic E-state index is 14.8. The second kappa shape index (κ2) is 54.6. The molecule has 5 saturated heterocycles. The molecule has 48 nitrogen and oxygen atoms in total. The molecule has 19 atom stereocenters. The van der Waals surface area contributed by atoms with E-state index in [1.807, 2.05) is 5.32 Å². The number of carbonyl (C=O) groups is 23. The predicted octanol–water partition coefficient (Wildman–Crippen LogP) is -4.61. The van der Waals surface area contributed by atoms with Crippen molar-refractivity contribution < 1.29 is 131 Å². The van der Waals surface area contributed by atoms with E-state index in [0.29, 0.717) is 32.1 Å². The zero-order valence-corrected chi connectivity index (χ0v) is 80.8. The fourth-order valence-corrected chi connectivity index (χ4v) is 17.1. The quantitative estimate of drug-likeness (QED) is 0.0255. The standard InChI is InChI=1S/C89H145N21O27/c1-43(2)40-56(77(124)103-68(45(5)6)83(130)97-52(22-15-16-34-90)75(122)96-53(28-31-64(92)111)76(123)102-58(89(136)137)42-67(116)117)100-79(126)60-24-20-38-109(60)87(134)69(46(7)8)104-81(128)63-27-19-36-107(63)85(132)55(30-33-66(114)115)99-74(121)51(14)94-72(119)49(12)95-78(125)59-23-17-37-108(59)86(133)57(41-44(3)4)101-80(127)61-25-21-39-110(61)88(135)70(47(9)10)105-82(129)62-26-18-35-106(62)84(131)54(29-32-65(112)113)98-73(120)50(13)93-71(118)48(11)91/h43-63,68-70H,15-42,90-91H2,1-14H3,(H2,92,111)(H,93,118)(H,94,119)(H,95,125)(H,96,122)(H,97,130)(H,98,120)(H,99,121)(H,100,126)(H,101,127)(H,102,123)(H,103,124)(H,104,128)(H,105,129)(H,112,113)(H,114,115)(H,116,117)(H,136,137)/t48-,49-,50-,51-,52-,53-,54-,55-,56-,57-,58-,59-,60-,61-,62-,63-,68-,69-,70-/m0/s1. The third-order valence-electron chi connectivity index (χ3n) is 24.6. The Labute approximate surface area is 796 Å². The first-order valence-electron chi connectivity index (χ1n) is 47.3. The van der Waals surface area contributed by atoms with E-state index in [9.17, 15) is 131 Å². The van der Waals surface area contributed by atoms with E-state index in [1.54, 1.807) is 69.2 Å². The van der Waals surface area contributed by atoms with Crippen molar-refractivity contribution in [2.24, 2.45) is 46.8 Å². The van der Waals surface area contributed by atoms with E-state index < -0.39 is 307 Å². The molecule has 5 aliphatic rings. The minimum Gasteiger partial charge on any atom is -0.481 e. The van der Waals surface area contributed by atoms with Crippen molar-refractivity contribution >= 4 is 136 Å². The minimum atomic E-state index is -1.94. The van der Waals surface area contributed by atoms with Crippen LogP contribution < -0.4 is 86.3 Å². The van der Waals surface area contributed by atoms with Gasteiger partial charge in [0.2, 0.25) is 112 Å². The third kappa shape index (κ3) is 34.7. The first-order valence-corrected chi connectivity index (χ1v) is 47.3. The van der Waals surface area contributed by atoms with Crippen LogP contribution in [0.25, 0.3) is 0 Å². The third-order valence-corrected chi connectivity index (χ3v) is 24.6. The van der Waals surface area contributed by atoms with Gasteiger partial charge in [-0.25, -0.2) is 4.79 Å². The van der Waals surface area contributed by atoms with Crippen molar-refractivity contribution in [2.75, 3.05) is 39.3 Å². The van der Waals surface area contributed by atoms with Crippen LogP contribution in [-0.4, -0.2) is 335 Å². The van der Waals surface area contributed by atoms with E-state index in [-0.39, 0.29) is 122 Å². The Morgan fingerprint density at radius 1 is 0.299 bits per heavy atom. The van der Waals surface area contributed by atoms with Crippen molar-refractivity contribution in [3.05, 3.63) is 0 Å². The molecule has 0 saturated carbocycles. The molecule has 5 rings (SSSR count). The molecule has 0 unspecified atom stereocenters. The van der Waals surface area contributed by atoms with Gasteiger partial charge in [0.15, 0.2) is 0 Å². The number of likely N-dealkylation sites (tertiary alicyclic amines) is 5. The number of hydrogen-bond donors (Lipinski definition) is 20. The first kappa shape index (κ1) is 115. The van der Waals surface area contributed by atoms with E-state index in [0.717, 1.165) is 4.90 Å². The summed E-state index contributed by atoms with van der Waals surface area (Å²) in [5, 5.41) is 71.5. The zero-order chi connectivity index (χ0) is 103. The fraction of sp³-hybridized carbons (Fsp3) is 0.742. The van der Waals surface area contributed by atoms with Crippen molar-refractivity contribution in [1.29, 1.82) is 0 Å². The van der Waals surface area contributed by atoms with Gasteiger partial charge in [0.25, 0.3) is 0 Å². The maximum atomic E-state index is 14.8. The molecule has 0 bridgehead atoms. The highest BCUT2D eigenvalue weighted by molar-refractivity contribution is 6.03. The summed E-state index contributed by atoms with van der Waals surface area (Å²) >= 11 is 0. The summed E-state index contributed by atoms with van der Waals surface area (Å²) in [5.74, 6) is -23.9. The minimum absolute atomic E-state index is 0.00346. The number of primary amides is 1. The number of carboxylic acid groups (broad SMARTS) is 4. The van der Waals surface area contributed by atoms with E-state index in [2.05, 4.69) is 63.8 Å². The number of hydrogen-bond acceptors (Lipinski definition) is 25. The highest BCUT2D eigenvalue weighted by Gasteiger charge is 2.49. The highest BCUT2D eigenvalue weighted by Crippen LogP contribution is 2.29. The summed E-state index contributed by atoms with van der Waals surface area (Å²) in [4.78, 5) is 320. The molecule has 0 radical (unpaired) electrons. The van der Waals surface area contributed by atoms with Gasteiger partial charge < -0.3 is 131 Å². The highest BCUT2D eigenvalue weighted by atomic mass is 16.4. The Balaban J connectivity index is 1.22. The Kier molecular flexibility index (Phi) is 45.9. The molecule has 23 N–H and O–H groups in total. The van der Waals surface area contributed by atoms with Crippen molar-refractivity contribution in [2.45, 2.75) is 353 Å². The lowest BCUT2D eigenvalue weighted by Crippen LogP contribution is -2.61. The maximum Gasteiger partial charge on any atom is 0.326 e. The van der Waals surface area contributed by atoms with Crippen LogP contribution in [-0.2, 0) is 110 Å². The topological polar surface area (TPSA) is 724 Å². The lowest BCUT2D eigenvalue weighted by molar-refractivity contribution is -0.147. The van der Waals surface area contributed by atoms with Crippen LogP contribution in [0, 0.1) is 29.6 Å². The number of amides is 19. The number of carbonyl (C=O) groups excluding carboxylic acids is 19. The molecule has 0 aliphatic carbocycles. The van der Waals surface area contributed by atoms with Crippen LogP contribution in [0.1, 0.15) is 238 Å². The second-order valence-electron chi connectivity index (χ2n) is 37.9. The van der Waals surface area contributed by atoms with E-state index in [1.165, 1.54) is 47.3 Å². The van der Waals surface area contributed by atoms with Gasteiger partial charge in [0.1, 0.15) is 109 Å². The van der Waals surface area contributed by atoms with Crippen LogP contribution in [0.3, 0.4) is 0 Å². The SMILES string of the molecule is CC(C)C[C@H](NC(=O)[C@@H]1CCCN1C(=O)[C@@H](NC(=O)[C@@H]1CCCN1C(=O)[C@H](CCC(=O)O)NC(=O)[C@H](C)NC(=O)[C@H](C)NC(=O)[C@@H]1CCCN1C(=O)[C@H](CC(C)C)NC(=O)[C@@H]1CCCN1C(=O)[C@@H](NC(=O)[C@@H]1CCCN1C(=O)[C@H](CCC(=O)O)NC(=O)[C@H](C)NC(=O)[C@H](C)N)C(C)C)C(C)C)C(=O)N[C@H](C(=O)N[C@@H](CCCCN)C(=O)N[C@@H](CCC(N)=O)C(=O)N[C@@H](CC(=O)O)C(=O)O)C(C)C. The molecule has 5 fully saturated rings. The molecule has 0 aromatic rings. The lowest BCUT2D eigenvalue weighted by atomic mass is 9.98. The molecule has 137 heavy (non-hydrogen) atoms. The summed E-state index contributed by atoms with van der Waals surface area (Å²) in [6.45, 7) is 22.5. The van der Waals surface area contributed by atoms with E-state index >= 15 is 0 Å². The second-order valence-corrected chi connectivity index (χ2v) is 37.9. The summed E-state index contributed by atoms with van der Waals surface area (Å²) in [7, 11) is 0. The Morgan fingerprint density at radius 3 is 0.964 bits per heavy atom. The number of rotatable bonds is 54. The number of nitrogens with zero attached hydrogens (tertiary/aromatic N) is 5. The molecular weight excluding hydrogens is 1800 g/mol. The van der Waals surface area contributed by atoms with Gasteiger partial charge >= 0.3 is 23.9 Å². The molecule has 19 amide bonds. The van der Waals surface area contributed by atoms with Crippen LogP contribution in [0.15, 0.2) is 0 Å². The molecule has 0 aromatic heterocycles. The smallest absolute Gasteiger partial charge is 0.326 e. The number of unbranched alkanes of at least 4 members (excludes halogenated alkanes) is 1. The molecular formula is C89H145N21O27. The zero-order valence-electron chi connectivity index (χ0n) is 80.8. The first-order chi connectivity index (χ1) is 64.2. The Morgan fingerprint density at radius 2 is 0.606 bits per heavy atom. The average molecular weight is 1940 g/mol. The number of carboxylic acids is 4. The van der Waals surface area contributed by atoms with Crippen LogP contribution >= 0.6 is 0 Å². The number of nitrogens with one attached hydrogen (secondary N) is 13. The Bertz CT molecular complexity index is 4360. The number of aliphatic carboxylic acids is 4. The van der Waals surface area contributed by atoms with Crippen LogP contribution in [0.2, 0.25) is 0 Å². The van der Waals surface area contributed by atoms with Crippen molar-refractivity contribution in [3.8, 4) is 0 Å². The van der Waals surface area contributed by atoms with Crippen LogP contribution in [0.4, 0.5) is 0 Å². The summed E-state index contributed by atoms with van der Waals surface area (Å²) in [6, 6.07) is -25.6. The largest absolute Gasteiger partial charge is 0.481 e. The molecule has 0 spiro atoms. The summed E-state index contributed by atoms with van der Waals surface area (Å²) in [5.41, 5.74) is 16.7. The molecule has 0 aromatic carbocycles. The average Bonchev–Trinajstić information content (AvgIpc) is 1.72. The lowest BCUT2D eigenvalue weighted by Gasteiger charge is -2.34. The molecule has 768 valence electrons. The normalized spacial score (nSPS) is 20.1. The van der Waals surface area contributed by atoms with Crippen LogP contribution in [0.5, 0.6) is 0 Å². The van der Waals surface area contributed by atoms with Gasteiger partial charge in [-0.2, -0.15) is 0 Å². The number of nitrogens with two attached hydrogens (primary N) is 3. The molecule has 48 heteroatoms. The molecule has 5 aliphatic heterocycles. The summed E-state index contributed by atoms with van der Waals surface area (Å²) < 4.78 is 0. The van der Waals surface area contributed by atoms with Gasteiger partial charge in [-0.1, -0.05) is 69.2 Å². The van der Waals surface area contributed by atoms with Gasteiger partial charge in [-0.3, -0.25) is 105 Å². The van der Waals surface area contributed by atoms with E-state index in [4.69, 9.17) is 17.2 Å². The van der Waals surface area contributed by atoms with Crippen molar-refractivity contribution in [1.82, 2.24) is 93.6 Å². The fourth-order valence-electron chi connectivity index (χ4n) is 17.1.